The topological polar surface area (TPSA) is 65.3 Å². The Morgan fingerprint density at radius 1 is 0.465 bits per heavy atom. The van der Waals surface area contributed by atoms with Gasteiger partial charge in [0.15, 0.2) is 0 Å². The number of halogens is 2. The van der Waals surface area contributed by atoms with Crippen molar-refractivity contribution in [3.05, 3.63) is 130 Å². The summed E-state index contributed by atoms with van der Waals surface area (Å²) in [5, 5.41) is 3.75. The average Bonchev–Trinajstić information content (AvgIpc) is 3.74. The van der Waals surface area contributed by atoms with Gasteiger partial charge < -0.3 is 0 Å². The van der Waals surface area contributed by atoms with Crippen molar-refractivity contribution in [2.45, 2.75) is 0 Å². The first kappa shape index (κ1) is 21.7. The SMILES string of the molecule is Cl[Si-2]123(Cl)n4c5c6ccccc6c4N=C4c6ccccc6C(=[N+]41)N=c1c4ccccc4c(n12)=NC1=[N+]3C(=N5)c2ccccc21. The fourth-order valence-electron chi connectivity index (χ4n) is 8.52. The van der Waals surface area contributed by atoms with Gasteiger partial charge in [-0.3, -0.25) is 0 Å². The number of hydrogen-bond donors (Lipinski definition) is 0. The van der Waals surface area contributed by atoms with Gasteiger partial charge in [0, 0.05) is 0 Å². The molecule has 0 amide bonds. The maximum atomic E-state index is 8.96. The van der Waals surface area contributed by atoms with Crippen molar-refractivity contribution in [2.24, 2.45) is 20.0 Å². The number of fused-ring (bicyclic) bond motifs is 12. The Morgan fingerprint density at radius 2 is 0.860 bits per heavy atom. The van der Waals surface area contributed by atoms with Crippen LogP contribution in [0.15, 0.2) is 117 Å². The van der Waals surface area contributed by atoms with E-state index in [9.17, 15) is 0 Å². The van der Waals surface area contributed by atoms with Crippen LogP contribution in [0.1, 0.15) is 22.3 Å². The molecule has 0 fully saturated rings. The fourth-order valence-corrected chi connectivity index (χ4v) is 18.5. The summed E-state index contributed by atoms with van der Waals surface area (Å²) >= 11 is 17.9. The van der Waals surface area contributed by atoms with Crippen molar-refractivity contribution in [1.82, 2.24) is 8.47 Å². The summed E-state index contributed by atoms with van der Waals surface area (Å²) in [5.74, 6) is -1.96. The standard InChI is InChI=1S/C32H16Cl2N8Si/c33-43(34)39-25-17-9-1-2-10-18(17)26(39)36-28-21-13-5-6-14-22(21)30(41(28)43)38-32-24-16-8-7-15-23(24)31(42(32)43)37-29-20-12-4-3-11-19(20)27(35-25)40(29)43/h1-16H. The van der Waals surface area contributed by atoms with Crippen molar-refractivity contribution in [3.8, 4) is 0 Å². The molecule has 6 aromatic rings. The van der Waals surface area contributed by atoms with Gasteiger partial charge >= 0.3 is 252 Å². The quantitative estimate of drug-likeness (QED) is 0.175. The molecule has 8 heterocycles. The third-order valence-corrected chi connectivity index (χ3v) is 19.6. The Bertz CT molecular complexity index is 2630. The van der Waals surface area contributed by atoms with Crippen LogP contribution >= 0.6 is 22.2 Å². The monoisotopic (exact) mass is 610 g/mol. The Balaban J connectivity index is 1.51. The Labute approximate surface area is 251 Å². The number of aliphatic imine (C=N–C) groups is 2. The van der Waals surface area contributed by atoms with Crippen molar-refractivity contribution in [1.29, 1.82) is 0 Å². The summed E-state index contributed by atoms with van der Waals surface area (Å²) < 4.78 is 8.23. The van der Waals surface area contributed by atoms with Gasteiger partial charge in [-0.25, -0.2) is 0 Å². The van der Waals surface area contributed by atoms with Crippen LogP contribution in [0.2, 0.25) is 0 Å². The van der Waals surface area contributed by atoms with Crippen LogP contribution in [0.5, 0.6) is 0 Å². The number of aromatic nitrogens is 2. The Kier molecular flexibility index (Phi) is 2.99. The van der Waals surface area contributed by atoms with E-state index in [1.807, 2.05) is 48.5 Å². The van der Waals surface area contributed by atoms with E-state index in [0.717, 1.165) is 43.8 Å². The molecule has 1 spiro atoms. The first-order chi connectivity index (χ1) is 21.0. The second kappa shape index (κ2) is 5.93. The zero-order valence-electron chi connectivity index (χ0n) is 22.1. The first-order valence-corrected chi connectivity index (χ1v) is 19.0. The number of nitrogens with zero attached hydrogens (tertiary/aromatic N) is 8. The molecule has 6 aliphatic heterocycles. The van der Waals surface area contributed by atoms with Crippen LogP contribution in [0.25, 0.3) is 21.5 Å². The number of rotatable bonds is 0. The van der Waals surface area contributed by atoms with Crippen LogP contribution in [0.4, 0.5) is 11.6 Å². The molecule has 0 atom stereocenters. The zero-order valence-corrected chi connectivity index (χ0v) is 24.6. The van der Waals surface area contributed by atoms with Crippen LogP contribution < -0.4 is 11.0 Å². The molecule has 0 radical (unpaired) electrons. The first-order valence-electron chi connectivity index (χ1n) is 14.2. The van der Waals surface area contributed by atoms with Crippen molar-refractivity contribution >= 4 is 84.6 Å². The summed E-state index contributed by atoms with van der Waals surface area (Å²) in [6, 6.07) is 32.8. The molecule has 8 nitrogen and oxygen atoms in total. The second-order valence-electron chi connectivity index (χ2n) is 11.9. The predicted molar refractivity (Wildman–Crippen MR) is 168 cm³/mol. The Morgan fingerprint density at radius 3 is 1.33 bits per heavy atom. The van der Waals surface area contributed by atoms with E-state index in [-0.39, 0.29) is 0 Å². The molecule has 0 saturated heterocycles. The van der Waals surface area contributed by atoms with Gasteiger partial charge in [-0.2, -0.15) is 0 Å². The third-order valence-electron chi connectivity index (χ3n) is 10.1. The van der Waals surface area contributed by atoms with Gasteiger partial charge in [0.1, 0.15) is 0 Å². The maximum absolute atomic E-state index is 8.96. The molecule has 202 valence electrons. The van der Waals surface area contributed by atoms with Gasteiger partial charge in [-0.05, 0) is 0 Å². The summed E-state index contributed by atoms with van der Waals surface area (Å²) in [5.41, 5.74) is 5.11. The van der Waals surface area contributed by atoms with Crippen LogP contribution in [-0.4, -0.2) is 46.2 Å². The van der Waals surface area contributed by atoms with Crippen molar-refractivity contribution in [3.63, 3.8) is 0 Å². The summed E-state index contributed by atoms with van der Waals surface area (Å²) in [4.78, 5) is 21.5. The molecule has 12 rings (SSSR count). The van der Waals surface area contributed by atoms with Crippen molar-refractivity contribution < 1.29 is 8.48 Å². The number of hydrogen-bond acceptors (Lipinski definition) is 4. The minimum absolute atomic E-state index is 0.680. The molecule has 2 aromatic heterocycles. The Hall–Kier alpha value is -4.96. The number of amidine groups is 4. The fraction of sp³-hybridized carbons (Fsp3) is 0. The van der Waals surface area contributed by atoms with E-state index in [4.69, 9.17) is 42.1 Å². The molecule has 4 aromatic carbocycles. The van der Waals surface area contributed by atoms with Gasteiger partial charge in [0.25, 0.3) is 0 Å². The summed E-state index contributed by atoms with van der Waals surface area (Å²) in [6.07, 6.45) is 0. The van der Waals surface area contributed by atoms with Crippen LogP contribution in [0.3, 0.4) is 0 Å². The van der Waals surface area contributed by atoms with Crippen LogP contribution in [0, 0.1) is 0 Å². The summed E-state index contributed by atoms with van der Waals surface area (Å²) in [7, 11) is 0. The number of benzene rings is 4. The van der Waals surface area contributed by atoms with Gasteiger partial charge in [0.2, 0.25) is 0 Å². The average molecular weight is 612 g/mol. The second-order valence-corrected chi connectivity index (χ2v) is 22.2. The third kappa shape index (κ3) is 1.80. The molecule has 11 heteroatoms. The minimum atomic E-state index is -6.04. The molecule has 0 bridgehead atoms. The van der Waals surface area contributed by atoms with E-state index in [0.29, 0.717) is 46.0 Å². The van der Waals surface area contributed by atoms with E-state index in [2.05, 4.69) is 65.5 Å². The van der Waals surface area contributed by atoms with Gasteiger partial charge in [-0.15, -0.1) is 0 Å². The molecule has 0 N–H and O–H groups in total. The van der Waals surface area contributed by atoms with Gasteiger partial charge in [0.05, 0.1) is 0 Å². The zero-order chi connectivity index (χ0) is 28.1. The predicted octanol–water partition coefficient (Wildman–Crippen LogP) is 4.80. The molecular weight excluding hydrogens is 595 g/mol. The molecular formula is C32H16Cl2N8Si. The molecule has 0 aliphatic carbocycles. The molecule has 43 heavy (non-hydrogen) atoms. The molecule has 6 aliphatic rings. The van der Waals surface area contributed by atoms with E-state index < -0.39 is 5.89 Å². The molecule has 0 unspecified atom stereocenters. The molecule has 0 saturated carbocycles. The normalized spacial score (nSPS) is 22.2. The summed E-state index contributed by atoms with van der Waals surface area (Å²) in [6.45, 7) is 0. The van der Waals surface area contributed by atoms with Crippen molar-refractivity contribution in [2.75, 3.05) is 0 Å². The van der Waals surface area contributed by atoms with E-state index in [1.165, 1.54) is 0 Å². The van der Waals surface area contributed by atoms with Gasteiger partial charge in [-0.1, -0.05) is 0 Å². The van der Waals surface area contributed by atoms with Crippen LogP contribution in [-0.2, 0) is 0 Å². The van der Waals surface area contributed by atoms with E-state index >= 15 is 0 Å². The van der Waals surface area contributed by atoms with E-state index in [1.54, 1.807) is 0 Å².